The van der Waals surface area contributed by atoms with E-state index in [0.717, 1.165) is 5.75 Å². The van der Waals surface area contributed by atoms with E-state index in [9.17, 15) is 0 Å². The highest BCUT2D eigenvalue weighted by Crippen LogP contribution is 2.15. The molecule has 0 bridgehead atoms. The van der Waals surface area contributed by atoms with Crippen molar-refractivity contribution in [2.75, 3.05) is 0 Å². The van der Waals surface area contributed by atoms with Gasteiger partial charge >= 0.3 is 0 Å². The van der Waals surface area contributed by atoms with Crippen molar-refractivity contribution in [3.8, 4) is 0 Å². The summed E-state index contributed by atoms with van der Waals surface area (Å²) < 4.78 is 0. The quantitative estimate of drug-likeness (QED) is 0.686. The van der Waals surface area contributed by atoms with Gasteiger partial charge in [0.25, 0.3) is 0 Å². The predicted octanol–water partition coefficient (Wildman–Crippen LogP) is 2.72. The van der Waals surface area contributed by atoms with Gasteiger partial charge in [0.1, 0.15) is 0 Å². The Balaban J connectivity index is 2.39. The van der Waals surface area contributed by atoms with E-state index in [4.69, 9.17) is 0 Å². The number of hydrogen-bond donors (Lipinski definition) is 0. The molecule has 0 unspecified atom stereocenters. The number of nitrogens with zero attached hydrogens (tertiary/aromatic N) is 1. The minimum atomic E-state index is 0.704. The maximum atomic E-state index is 4.05. The normalized spacial score (nSPS) is 10.5. The maximum absolute atomic E-state index is 4.05. The third-order valence-corrected chi connectivity index (χ3v) is 2.47. The molecule has 1 aromatic heterocycles. The molecule has 0 saturated carbocycles. The van der Waals surface area contributed by atoms with Crippen LogP contribution in [0.15, 0.2) is 24.5 Å². The van der Waals surface area contributed by atoms with E-state index in [1.807, 2.05) is 30.2 Å². The van der Waals surface area contributed by atoms with Crippen LogP contribution in [0.4, 0.5) is 0 Å². The van der Waals surface area contributed by atoms with Gasteiger partial charge in [-0.1, -0.05) is 19.9 Å². The van der Waals surface area contributed by atoms with Crippen LogP contribution in [0.1, 0.15) is 19.4 Å². The van der Waals surface area contributed by atoms with Gasteiger partial charge in [-0.15, -0.1) is 0 Å². The third kappa shape index (κ3) is 3.42. The molecule has 1 aromatic rings. The summed E-state index contributed by atoms with van der Waals surface area (Å²) in [4.78, 5) is 4.05. The Hall–Kier alpha value is -0.500. The highest BCUT2D eigenvalue weighted by atomic mass is 32.2. The fourth-order valence-electron chi connectivity index (χ4n) is 0.746. The molecule has 0 saturated heterocycles. The molecule has 2 heteroatoms. The van der Waals surface area contributed by atoms with Crippen LogP contribution in [0, 0.1) is 0 Å². The number of rotatable bonds is 3. The molecule has 0 amide bonds. The SMILES string of the molecule is CC(C)SCc1cccnc1. The molecule has 0 aliphatic carbocycles. The van der Waals surface area contributed by atoms with Gasteiger partial charge in [0, 0.05) is 18.1 Å². The monoisotopic (exact) mass is 167 g/mol. The van der Waals surface area contributed by atoms with E-state index in [-0.39, 0.29) is 0 Å². The van der Waals surface area contributed by atoms with Crippen molar-refractivity contribution in [1.29, 1.82) is 0 Å². The zero-order valence-corrected chi connectivity index (χ0v) is 7.77. The minimum absolute atomic E-state index is 0.704. The van der Waals surface area contributed by atoms with Gasteiger partial charge in [0.2, 0.25) is 0 Å². The van der Waals surface area contributed by atoms with Crippen molar-refractivity contribution < 1.29 is 0 Å². The molecule has 0 radical (unpaired) electrons. The maximum Gasteiger partial charge on any atom is 0.0308 e. The van der Waals surface area contributed by atoms with Crippen molar-refractivity contribution >= 4 is 11.8 Å². The molecule has 1 nitrogen and oxygen atoms in total. The molecule has 0 aliphatic heterocycles. The van der Waals surface area contributed by atoms with E-state index in [2.05, 4.69) is 24.9 Å². The van der Waals surface area contributed by atoms with Gasteiger partial charge in [0.05, 0.1) is 0 Å². The van der Waals surface area contributed by atoms with Crippen LogP contribution in [0.25, 0.3) is 0 Å². The van der Waals surface area contributed by atoms with Crippen molar-refractivity contribution in [2.45, 2.75) is 24.9 Å². The lowest BCUT2D eigenvalue weighted by Crippen LogP contribution is -1.88. The Morgan fingerprint density at radius 3 is 2.91 bits per heavy atom. The van der Waals surface area contributed by atoms with Crippen LogP contribution in [-0.2, 0) is 5.75 Å². The molecule has 1 heterocycles. The summed E-state index contributed by atoms with van der Waals surface area (Å²) in [5, 5.41) is 0.704. The summed E-state index contributed by atoms with van der Waals surface area (Å²) in [6, 6.07) is 4.10. The Labute approximate surface area is 72.2 Å². The molecule has 11 heavy (non-hydrogen) atoms. The van der Waals surface area contributed by atoms with E-state index in [0.29, 0.717) is 5.25 Å². The first-order valence-corrected chi connectivity index (χ1v) is 4.84. The summed E-state index contributed by atoms with van der Waals surface area (Å²) in [7, 11) is 0. The van der Waals surface area contributed by atoms with Crippen LogP contribution in [-0.4, -0.2) is 10.2 Å². The van der Waals surface area contributed by atoms with Crippen molar-refractivity contribution in [1.82, 2.24) is 4.98 Å². The summed E-state index contributed by atoms with van der Waals surface area (Å²) in [5.41, 5.74) is 1.31. The highest BCUT2D eigenvalue weighted by Gasteiger charge is 1.95. The Bertz CT molecular complexity index is 196. The predicted molar refractivity (Wildman–Crippen MR) is 50.7 cm³/mol. The molecule has 1 rings (SSSR count). The van der Waals surface area contributed by atoms with Crippen LogP contribution < -0.4 is 0 Å². The lowest BCUT2D eigenvalue weighted by atomic mass is 10.3. The standard InChI is InChI=1S/C9H13NS/c1-8(2)11-7-9-4-3-5-10-6-9/h3-6,8H,7H2,1-2H3. The first-order chi connectivity index (χ1) is 5.29. The lowest BCUT2D eigenvalue weighted by molar-refractivity contribution is 1.10. The van der Waals surface area contributed by atoms with Crippen LogP contribution in [0.2, 0.25) is 0 Å². The summed E-state index contributed by atoms with van der Waals surface area (Å²) in [5.74, 6) is 1.07. The Morgan fingerprint density at radius 2 is 2.36 bits per heavy atom. The molecule has 0 aromatic carbocycles. The van der Waals surface area contributed by atoms with E-state index in [1.165, 1.54) is 5.56 Å². The lowest BCUT2D eigenvalue weighted by Gasteiger charge is -2.02. The smallest absolute Gasteiger partial charge is 0.0308 e. The van der Waals surface area contributed by atoms with E-state index < -0.39 is 0 Å². The average Bonchev–Trinajstić information content (AvgIpc) is 2.03. The molecule has 60 valence electrons. The second-order valence-corrected chi connectivity index (χ2v) is 4.29. The van der Waals surface area contributed by atoms with Crippen LogP contribution in [0.3, 0.4) is 0 Å². The number of thioether (sulfide) groups is 1. The molecular weight excluding hydrogens is 154 g/mol. The summed E-state index contributed by atoms with van der Waals surface area (Å²) >= 11 is 1.94. The van der Waals surface area contributed by atoms with Crippen molar-refractivity contribution in [2.24, 2.45) is 0 Å². The van der Waals surface area contributed by atoms with Crippen LogP contribution >= 0.6 is 11.8 Å². The zero-order chi connectivity index (χ0) is 8.10. The Morgan fingerprint density at radius 1 is 1.55 bits per heavy atom. The van der Waals surface area contributed by atoms with Gasteiger partial charge in [-0.25, -0.2) is 0 Å². The number of hydrogen-bond acceptors (Lipinski definition) is 2. The van der Waals surface area contributed by atoms with Gasteiger partial charge in [-0.2, -0.15) is 11.8 Å². The van der Waals surface area contributed by atoms with Gasteiger partial charge < -0.3 is 0 Å². The zero-order valence-electron chi connectivity index (χ0n) is 6.95. The first-order valence-electron chi connectivity index (χ1n) is 3.79. The third-order valence-electron chi connectivity index (χ3n) is 1.31. The largest absolute Gasteiger partial charge is 0.264 e. The Kier molecular flexibility index (Phi) is 3.43. The second-order valence-electron chi connectivity index (χ2n) is 2.72. The fraction of sp³-hybridized carbons (Fsp3) is 0.444. The summed E-state index contributed by atoms with van der Waals surface area (Å²) in [6.07, 6.45) is 3.74. The highest BCUT2D eigenvalue weighted by molar-refractivity contribution is 7.99. The van der Waals surface area contributed by atoms with Crippen molar-refractivity contribution in [3.63, 3.8) is 0 Å². The molecular formula is C9H13NS. The van der Waals surface area contributed by atoms with E-state index in [1.54, 1.807) is 0 Å². The number of aromatic nitrogens is 1. The summed E-state index contributed by atoms with van der Waals surface area (Å²) in [6.45, 7) is 4.42. The fourth-order valence-corrected chi connectivity index (χ4v) is 1.44. The first kappa shape index (κ1) is 8.60. The minimum Gasteiger partial charge on any atom is -0.264 e. The topological polar surface area (TPSA) is 12.9 Å². The second kappa shape index (κ2) is 4.39. The van der Waals surface area contributed by atoms with E-state index >= 15 is 0 Å². The molecule has 0 fully saturated rings. The number of pyridine rings is 1. The average molecular weight is 167 g/mol. The van der Waals surface area contributed by atoms with Gasteiger partial charge in [-0.3, -0.25) is 4.98 Å². The van der Waals surface area contributed by atoms with Crippen molar-refractivity contribution in [3.05, 3.63) is 30.1 Å². The van der Waals surface area contributed by atoms with Gasteiger partial charge in [-0.05, 0) is 16.9 Å². The molecule has 0 aliphatic rings. The van der Waals surface area contributed by atoms with Crippen LogP contribution in [0.5, 0.6) is 0 Å². The molecule has 0 atom stereocenters. The molecule has 0 spiro atoms. The van der Waals surface area contributed by atoms with Gasteiger partial charge in [0.15, 0.2) is 0 Å². The molecule has 0 N–H and O–H groups in total.